The van der Waals surface area contributed by atoms with E-state index >= 15 is 0 Å². The molecular formula is C35H37N3O6. The molecule has 0 spiro atoms. The molecule has 228 valence electrons. The summed E-state index contributed by atoms with van der Waals surface area (Å²) < 4.78 is 23.7. The van der Waals surface area contributed by atoms with E-state index in [4.69, 9.17) is 23.9 Å². The van der Waals surface area contributed by atoms with E-state index in [1.165, 1.54) is 6.08 Å². The van der Waals surface area contributed by atoms with Crippen molar-refractivity contribution in [2.24, 2.45) is 4.99 Å². The molecule has 3 aromatic carbocycles. The van der Waals surface area contributed by atoms with Gasteiger partial charge in [-0.25, -0.2) is 9.59 Å². The maximum atomic E-state index is 13.6. The molecule has 2 aliphatic rings. The van der Waals surface area contributed by atoms with Crippen molar-refractivity contribution in [2.75, 3.05) is 18.1 Å². The zero-order valence-corrected chi connectivity index (χ0v) is 25.2. The van der Waals surface area contributed by atoms with E-state index in [0.29, 0.717) is 60.5 Å². The quantitative estimate of drug-likeness (QED) is 0.213. The lowest BCUT2D eigenvalue weighted by atomic mass is 9.98. The summed E-state index contributed by atoms with van der Waals surface area (Å²) >= 11 is 0. The normalized spacial score (nSPS) is 15.5. The number of hydrogen-bond donors (Lipinski definition) is 1. The van der Waals surface area contributed by atoms with Crippen LogP contribution < -0.4 is 19.7 Å². The number of carbonyl (C=O) groups excluding carboxylic acids is 2. The molecule has 9 heteroatoms. The lowest BCUT2D eigenvalue weighted by Crippen LogP contribution is -2.53. The topological polar surface area (TPSA) is 98.7 Å². The van der Waals surface area contributed by atoms with Crippen LogP contribution in [0.2, 0.25) is 0 Å². The molecule has 5 rings (SSSR count). The first-order valence-electron chi connectivity index (χ1n) is 14.6. The highest BCUT2D eigenvalue weighted by atomic mass is 16.6. The Bertz CT molecular complexity index is 1560. The van der Waals surface area contributed by atoms with Crippen molar-refractivity contribution in [1.29, 1.82) is 0 Å². The summed E-state index contributed by atoms with van der Waals surface area (Å²) in [5.74, 6) is 1.07. The fourth-order valence-electron chi connectivity index (χ4n) is 4.91. The number of ether oxygens (including phenoxy) is 4. The highest BCUT2D eigenvalue weighted by Gasteiger charge is 2.40. The number of nitrogens with zero attached hydrogens (tertiary/aromatic N) is 2. The van der Waals surface area contributed by atoms with Crippen LogP contribution in [0.15, 0.2) is 96.1 Å². The first kappa shape index (κ1) is 30.4. The SMILES string of the molecule is C=CCOC(=O)NC1=Cc2cc(OCc3ccccc3)c(OCc3ccccc3)cc2N2C1=NCCC2C(=O)OC(C)(C)C. The number of nitrogens with one attached hydrogen (secondary N) is 1. The van der Waals surface area contributed by atoms with Gasteiger partial charge in [0.05, 0.1) is 11.4 Å². The Morgan fingerprint density at radius 1 is 0.977 bits per heavy atom. The first-order chi connectivity index (χ1) is 21.2. The molecule has 2 heterocycles. The van der Waals surface area contributed by atoms with Crippen LogP contribution >= 0.6 is 0 Å². The average Bonchev–Trinajstić information content (AvgIpc) is 3.01. The van der Waals surface area contributed by atoms with Gasteiger partial charge in [0.25, 0.3) is 0 Å². The molecule has 1 atom stereocenters. The molecule has 0 bridgehead atoms. The summed E-state index contributed by atoms with van der Waals surface area (Å²) in [6.45, 7) is 10.2. The summed E-state index contributed by atoms with van der Waals surface area (Å²) in [5, 5.41) is 2.80. The van der Waals surface area contributed by atoms with Gasteiger partial charge in [0.15, 0.2) is 17.3 Å². The zero-order chi connectivity index (χ0) is 31.1. The van der Waals surface area contributed by atoms with Gasteiger partial charge in [-0.15, -0.1) is 0 Å². The monoisotopic (exact) mass is 595 g/mol. The minimum absolute atomic E-state index is 0.0476. The Hall–Kier alpha value is -5.05. The van der Waals surface area contributed by atoms with Crippen molar-refractivity contribution in [3.8, 4) is 11.5 Å². The van der Waals surface area contributed by atoms with Crippen molar-refractivity contribution in [3.63, 3.8) is 0 Å². The van der Waals surface area contributed by atoms with Crippen LogP contribution in [-0.4, -0.2) is 42.7 Å². The summed E-state index contributed by atoms with van der Waals surface area (Å²) in [7, 11) is 0. The molecule has 1 amide bonds. The van der Waals surface area contributed by atoms with E-state index in [9.17, 15) is 9.59 Å². The average molecular weight is 596 g/mol. The smallest absolute Gasteiger partial charge is 0.412 e. The van der Waals surface area contributed by atoms with E-state index in [0.717, 1.165) is 11.1 Å². The molecular weight excluding hydrogens is 558 g/mol. The van der Waals surface area contributed by atoms with Gasteiger partial charge in [0.2, 0.25) is 0 Å². The van der Waals surface area contributed by atoms with Gasteiger partial charge in [0, 0.05) is 18.2 Å². The number of esters is 1. The van der Waals surface area contributed by atoms with E-state index in [-0.39, 0.29) is 12.6 Å². The number of amides is 1. The molecule has 0 aromatic heterocycles. The number of anilines is 1. The molecule has 1 N–H and O–H groups in total. The molecule has 44 heavy (non-hydrogen) atoms. The first-order valence-corrected chi connectivity index (χ1v) is 14.6. The predicted molar refractivity (Wildman–Crippen MR) is 170 cm³/mol. The lowest BCUT2D eigenvalue weighted by Gasteiger charge is -2.40. The van der Waals surface area contributed by atoms with E-state index < -0.39 is 17.7 Å². The van der Waals surface area contributed by atoms with Crippen LogP contribution in [0.25, 0.3) is 6.08 Å². The summed E-state index contributed by atoms with van der Waals surface area (Å²) in [6, 6.07) is 22.7. The highest BCUT2D eigenvalue weighted by Crippen LogP contribution is 2.42. The van der Waals surface area contributed by atoms with Crippen molar-refractivity contribution in [2.45, 2.75) is 52.0 Å². The fourth-order valence-corrected chi connectivity index (χ4v) is 4.91. The van der Waals surface area contributed by atoms with Crippen LogP contribution in [0.4, 0.5) is 10.5 Å². The van der Waals surface area contributed by atoms with Gasteiger partial charge >= 0.3 is 12.1 Å². The van der Waals surface area contributed by atoms with Gasteiger partial charge in [-0.2, -0.15) is 0 Å². The number of fused-ring (bicyclic) bond motifs is 3. The minimum Gasteiger partial charge on any atom is -0.485 e. The van der Waals surface area contributed by atoms with Crippen molar-refractivity contribution < 1.29 is 28.5 Å². The van der Waals surface area contributed by atoms with Gasteiger partial charge in [-0.05, 0) is 50.5 Å². The van der Waals surface area contributed by atoms with Gasteiger partial charge in [0.1, 0.15) is 31.5 Å². The number of alkyl carbamates (subject to hydrolysis) is 1. The number of carbonyl (C=O) groups is 2. The maximum absolute atomic E-state index is 13.6. The number of rotatable bonds is 10. The van der Waals surface area contributed by atoms with Crippen LogP contribution in [0.5, 0.6) is 11.5 Å². The molecule has 0 aliphatic carbocycles. The Labute approximate surface area is 257 Å². The summed E-state index contributed by atoms with van der Waals surface area (Å²) in [6.07, 6.45) is 3.05. The number of benzene rings is 3. The van der Waals surface area contributed by atoms with Crippen molar-refractivity contribution >= 4 is 29.7 Å². The molecule has 9 nitrogen and oxygen atoms in total. The lowest BCUT2D eigenvalue weighted by molar-refractivity contribution is -0.156. The zero-order valence-electron chi connectivity index (χ0n) is 25.2. The number of aliphatic imine (C=N–C) groups is 1. The van der Waals surface area contributed by atoms with Crippen molar-refractivity contribution in [3.05, 3.63) is 108 Å². The molecule has 1 unspecified atom stereocenters. The Morgan fingerprint density at radius 3 is 2.18 bits per heavy atom. The van der Waals surface area contributed by atoms with E-state index in [2.05, 4.69) is 11.9 Å². The van der Waals surface area contributed by atoms with E-state index in [1.807, 2.05) is 98.5 Å². The molecule has 3 aromatic rings. The van der Waals surface area contributed by atoms with Gasteiger partial charge in [-0.1, -0.05) is 73.3 Å². The Balaban J connectivity index is 1.57. The Kier molecular flexibility index (Phi) is 9.33. The van der Waals surface area contributed by atoms with Gasteiger partial charge < -0.3 is 23.8 Å². The third kappa shape index (κ3) is 7.47. The largest absolute Gasteiger partial charge is 0.485 e. The summed E-state index contributed by atoms with van der Waals surface area (Å²) in [5.41, 5.74) is 3.09. The Morgan fingerprint density at radius 2 is 1.59 bits per heavy atom. The standard InChI is InChI=1S/C35H37N3O6/c1-5-18-41-34(40)37-27-19-26-20-30(42-22-24-12-8-6-9-13-24)31(43-23-25-14-10-7-11-15-25)21-29(26)38-28(16-17-36-32(27)38)33(39)44-35(2,3)4/h5-15,19-21,28H,1,16-18,22-23H2,2-4H3,(H,37,40). The summed E-state index contributed by atoms with van der Waals surface area (Å²) in [4.78, 5) is 32.7. The third-order valence-electron chi connectivity index (χ3n) is 6.82. The van der Waals surface area contributed by atoms with Crippen LogP contribution in [0, 0.1) is 0 Å². The van der Waals surface area contributed by atoms with E-state index in [1.54, 1.807) is 6.08 Å². The van der Waals surface area contributed by atoms with Crippen LogP contribution in [-0.2, 0) is 27.5 Å². The maximum Gasteiger partial charge on any atom is 0.412 e. The number of amidine groups is 1. The second-order valence-corrected chi connectivity index (χ2v) is 11.4. The van der Waals surface area contributed by atoms with Gasteiger partial charge in [-0.3, -0.25) is 10.3 Å². The predicted octanol–water partition coefficient (Wildman–Crippen LogP) is 6.43. The minimum atomic E-state index is -0.687. The van der Waals surface area contributed by atoms with Crippen LogP contribution in [0.1, 0.15) is 43.9 Å². The number of hydrogen-bond acceptors (Lipinski definition) is 8. The second-order valence-electron chi connectivity index (χ2n) is 11.4. The molecule has 0 saturated heterocycles. The fraction of sp³-hybridized carbons (Fsp3) is 0.286. The molecule has 0 radical (unpaired) electrons. The molecule has 0 saturated carbocycles. The third-order valence-corrected chi connectivity index (χ3v) is 6.82. The van der Waals surface area contributed by atoms with Crippen LogP contribution in [0.3, 0.4) is 0 Å². The molecule has 0 fully saturated rings. The second kappa shape index (κ2) is 13.5. The molecule has 2 aliphatic heterocycles. The highest BCUT2D eigenvalue weighted by molar-refractivity contribution is 6.19. The van der Waals surface area contributed by atoms with Crippen molar-refractivity contribution in [1.82, 2.24) is 5.32 Å².